The van der Waals surface area contributed by atoms with Crippen LogP contribution >= 0.6 is 0 Å². The molecule has 0 unspecified atom stereocenters. The number of nitrogens with zero attached hydrogens (tertiary/aromatic N) is 6. The summed E-state index contributed by atoms with van der Waals surface area (Å²) in [7, 11) is 3.42. The van der Waals surface area contributed by atoms with Crippen molar-refractivity contribution < 1.29 is 9.50 Å². The van der Waals surface area contributed by atoms with Crippen LogP contribution in [-0.2, 0) is 26.1 Å². The van der Waals surface area contributed by atoms with E-state index in [4.69, 9.17) is 0 Å². The quantitative estimate of drug-likeness (QED) is 0.345. The van der Waals surface area contributed by atoms with Crippen molar-refractivity contribution in [3.63, 3.8) is 0 Å². The second-order valence-electron chi connectivity index (χ2n) is 10.8. The van der Waals surface area contributed by atoms with Crippen molar-refractivity contribution in [1.82, 2.24) is 29.1 Å². The van der Waals surface area contributed by atoms with Gasteiger partial charge in [-0.25, -0.2) is 9.37 Å². The number of hydrogen-bond acceptors (Lipinski definition) is 7. The molecule has 0 amide bonds. The summed E-state index contributed by atoms with van der Waals surface area (Å²) in [5, 5.41) is 22.4. The number of aromatic nitrogens is 6. The zero-order chi connectivity index (χ0) is 28.9. The van der Waals surface area contributed by atoms with Gasteiger partial charge in [0.2, 0.25) is 0 Å². The first-order chi connectivity index (χ1) is 18.9. The number of fused-ring (bicyclic) bond motifs is 1. The maximum Gasteiger partial charge on any atom is 0.283 e. The Labute approximate surface area is 229 Å². The second-order valence-corrected chi connectivity index (χ2v) is 10.8. The molecule has 4 aromatic heterocycles. The van der Waals surface area contributed by atoms with Gasteiger partial charge in [-0.1, -0.05) is 20.8 Å². The second kappa shape index (κ2) is 9.83. The Balaban J connectivity index is 1.66. The predicted octanol–water partition coefficient (Wildman–Crippen LogP) is 3.86. The number of aryl methyl sites for hydroxylation is 3. The van der Waals surface area contributed by atoms with Crippen molar-refractivity contribution in [1.29, 1.82) is 0 Å². The lowest BCUT2D eigenvalue weighted by Gasteiger charge is -2.20. The van der Waals surface area contributed by atoms with E-state index in [2.05, 4.69) is 20.5 Å². The number of nitrogens with one attached hydrogen (secondary N) is 1. The Morgan fingerprint density at radius 1 is 1.07 bits per heavy atom. The first-order valence-electron chi connectivity index (χ1n) is 12.7. The molecule has 0 fully saturated rings. The van der Waals surface area contributed by atoms with Gasteiger partial charge in [-0.3, -0.25) is 14.3 Å². The van der Waals surface area contributed by atoms with Crippen molar-refractivity contribution in [3.8, 4) is 16.9 Å². The summed E-state index contributed by atoms with van der Waals surface area (Å²) in [6, 6.07) is 8.26. The molecule has 4 heterocycles. The Hall–Kier alpha value is -4.64. The van der Waals surface area contributed by atoms with Crippen LogP contribution in [0.4, 0.5) is 15.9 Å². The summed E-state index contributed by atoms with van der Waals surface area (Å²) in [6.45, 7) is 7.30. The molecule has 10 nitrogen and oxygen atoms in total. The highest BCUT2D eigenvalue weighted by Gasteiger charge is 2.21. The van der Waals surface area contributed by atoms with Crippen molar-refractivity contribution in [2.24, 2.45) is 14.1 Å². The summed E-state index contributed by atoms with van der Waals surface area (Å²) in [4.78, 5) is 30.7. The lowest BCUT2D eigenvalue weighted by Crippen LogP contribution is -2.25. The van der Waals surface area contributed by atoms with E-state index in [0.717, 1.165) is 15.9 Å². The number of pyridine rings is 2. The highest BCUT2D eigenvalue weighted by atomic mass is 19.1. The van der Waals surface area contributed by atoms with Crippen LogP contribution in [0, 0.1) is 12.7 Å². The molecule has 0 spiro atoms. The van der Waals surface area contributed by atoms with Gasteiger partial charge in [-0.05, 0) is 47.7 Å². The average Bonchev–Trinajstić information content (AvgIpc) is 3.21. The summed E-state index contributed by atoms with van der Waals surface area (Å²) >= 11 is 0. The third kappa shape index (κ3) is 4.68. The molecule has 5 rings (SSSR count). The minimum absolute atomic E-state index is 0.0647. The van der Waals surface area contributed by atoms with Gasteiger partial charge in [0, 0.05) is 54.8 Å². The highest BCUT2D eigenvalue weighted by molar-refractivity contribution is 5.83. The Morgan fingerprint density at radius 3 is 2.48 bits per heavy atom. The molecule has 1 aromatic carbocycles. The molecular formula is C29H30FN7O3. The molecule has 2 N–H and O–H groups in total. The fourth-order valence-corrected chi connectivity index (χ4v) is 4.62. The summed E-state index contributed by atoms with van der Waals surface area (Å²) in [5.74, 6) is -0.0747. The molecule has 0 radical (unpaired) electrons. The predicted molar refractivity (Wildman–Crippen MR) is 152 cm³/mol. The van der Waals surface area contributed by atoms with E-state index < -0.39 is 18.0 Å². The van der Waals surface area contributed by atoms with Crippen LogP contribution < -0.4 is 16.4 Å². The van der Waals surface area contributed by atoms with Crippen molar-refractivity contribution >= 4 is 22.3 Å². The summed E-state index contributed by atoms with van der Waals surface area (Å²) in [6.07, 6.45) is 4.52. The molecule has 0 atom stereocenters. The first-order valence-corrected chi connectivity index (χ1v) is 12.7. The summed E-state index contributed by atoms with van der Waals surface area (Å²) < 4.78 is 19.3. The first kappa shape index (κ1) is 26.9. The standard InChI is InChI=1S/C29H30FN7O3/c1-16-9-24(34-36(16)6)33-23-11-18(14-35(5)27(23)39)20-7-8-31-26(21(20)15-38)37-28(40)25-17(13-32-37)10-19(12-22(25)30)29(2,3)4/h7-14,38H,15H2,1-6H3,(H,33,34). The third-order valence-electron chi connectivity index (χ3n) is 6.97. The largest absolute Gasteiger partial charge is 0.392 e. The number of hydrogen-bond donors (Lipinski definition) is 2. The number of halogens is 1. The summed E-state index contributed by atoms with van der Waals surface area (Å²) in [5.41, 5.74) is 2.05. The monoisotopic (exact) mass is 543 g/mol. The number of benzene rings is 1. The average molecular weight is 544 g/mol. The van der Waals surface area contributed by atoms with Crippen LogP contribution in [0.2, 0.25) is 0 Å². The van der Waals surface area contributed by atoms with Crippen LogP contribution in [-0.4, -0.2) is 34.2 Å². The van der Waals surface area contributed by atoms with E-state index in [1.807, 2.05) is 33.8 Å². The number of anilines is 2. The SMILES string of the molecule is Cc1cc(Nc2cc(-c3ccnc(-n4ncc5cc(C(C)(C)C)cc(F)c5c4=O)c3CO)cn(C)c2=O)nn1C. The molecule has 5 aromatic rings. The Kier molecular flexibility index (Phi) is 6.62. The normalized spacial score (nSPS) is 11.8. The van der Waals surface area contributed by atoms with Crippen molar-refractivity contribution in [2.45, 2.75) is 39.7 Å². The van der Waals surface area contributed by atoms with E-state index in [1.54, 1.807) is 43.2 Å². The van der Waals surface area contributed by atoms with E-state index >= 15 is 4.39 Å². The van der Waals surface area contributed by atoms with Gasteiger partial charge in [0.05, 0.1) is 18.2 Å². The van der Waals surface area contributed by atoms with Crippen molar-refractivity contribution in [3.05, 3.63) is 92.3 Å². The maximum atomic E-state index is 15.2. The zero-order valence-electron chi connectivity index (χ0n) is 23.2. The van der Waals surface area contributed by atoms with Crippen LogP contribution in [0.1, 0.15) is 37.6 Å². The van der Waals surface area contributed by atoms with Gasteiger partial charge < -0.3 is 15.0 Å². The molecule has 0 aliphatic rings. The lowest BCUT2D eigenvalue weighted by molar-refractivity contribution is 0.281. The molecule has 206 valence electrons. The minimum atomic E-state index is -0.692. The molecular weight excluding hydrogens is 513 g/mol. The van der Waals surface area contributed by atoms with Gasteiger partial charge in [-0.2, -0.15) is 14.9 Å². The highest BCUT2D eigenvalue weighted by Crippen LogP contribution is 2.30. The lowest BCUT2D eigenvalue weighted by atomic mass is 9.86. The fourth-order valence-electron chi connectivity index (χ4n) is 4.62. The van der Waals surface area contributed by atoms with Gasteiger partial charge in [-0.15, -0.1) is 0 Å². The topological polar surface area (TPSA) is 120 Å². The molecule has 0 saturated carbocycles. The molecule has 0 aliphatic heterocycles. The smallest absolute Gasteiger partial charge is 0.283 e. The molecule has 0 saturated heterocycles. The number of rotatable bonds is 5. The zero-order valence-corrected chi connectivity index (χ0v) is 23.2. The number of aliphatic hydroxyl groups excluding tert-OH is 1. The molecule has 0 aliphatic carbocycles. The van der Waals surface area contributed by atoms with E-state index in [0.29, 0.717) is 27.9 Å². The van der Waals surface area contributed by atoms with Crippen LogP contribution in [0.25, 0.3) is 27.7 Å². The Bertz CT molecular complexity index is 1880. The Morgan fingerprint density at radius 2 is 1.82 bits per heavy atom. The van der Waals surface area contributed by atoms with Gasteiger partial charge in [0.15, 0.2) is 11.6 Å². The minimum Gasteiger partial charge on any atom is -0.392 e. The van der Waals surface area contributed by atoms with Crippen LogP contribution in [0.15, 0.2) is 58.5 Å². The fraction of sp³-hybridized carbons (Fsp3) is 0.276. The molecule has 0 bridgehead atoms. The van der Waals surface area contributed by atoms with Crippen LogP contribution in [0.3, 0.4) is 0 Å². The van der Waals surface area contributed by atoms with Gasteiger partial charge in [0.1, 0.15) is 11.5 Å². The molecule has 40 heavy (non-hydrogen) atoms. The van der Waals surface area contributed by atoms with Crippen LogP contribution in [0.5, 0.6) is 0 Å². The third-order valence-corrected chi connectivity index (χ3v) is 6.97. The van der Waals surface area contributed by atoms with Crippen molar-refractivity contribution in [2.75, 3.05) is 5.32 Å². The maximum absolute atomic E-state index is 15.2. The van der Waals surface area contributed by atoms with E-state index in [9.17, 15) is 14.7 Å². The van der Waals surface area contributed by atoms with E-state index in [1.165, 1.54) is 23.0 Å². The van der Waals surface area contributed by atoms with Gasteiger partial charge in [0.25, 0.3) is 11.1 Å². The van der Waals surface area contributed by atoms with Gasteiger partial charge >= 0.3 is 0 Å². The molecule has 11 heteroatoms. The number of aliphatic hydroxyl groups is 1. The van der Waals surface area contributed by atoms with E-state index in [-0.39, 0.29) is 27.9 Å².